The van der Waals surface area contributed by atoms with Crippen LogP contribution in [0.5, 0.6) is 0 Å². The zero-order valence-electron chi connectivity index (χ0n) is 10.4. The monoisotopic (exact) mass is 266 g/mol. The zero-order chi connectivity index (χ0) is 12.6. The van der Waals surface area contributed by atoms with Gasteiger partial charge < -0.3 is 9.47 Å². The third-order valence-electron chi connectivity index (χ3n) is 2.59. The summed E-state index contributed by atoms with van der Waals surface area (Å²) in [4.78, 5) is 0. The van der Waals surface area contributed by atoms with E-state index in [1.165, 1.54) is 4.31 Å². The second-order valence-electron chi connectivity index (χ2n) is 3.96. The predicted octanol–water partition coefficient (Wildman–Crippen LogP) is -0.0303. The largest absolute Gasteiger partial charge is 0.382 e. The highest BCUT2D eigenvalue weighted by Gasteiger charge is 2.24. The summed E-state index contributed by atoms with van der Waals surface area (Å²) in [6, 6.07) is 0. The molecule has 0 aromatic rings. The molecule has 0 aromatic heterocycles. The molecule has 0 aromatic carbocycles. The minimum atomic E-state index is -3.25. The molecule has 1 fully saturated rings. The first-order valence-corrected chi connectivity index (χ1v) is 7.42. The van der Waals surface area contributed by atoms with Crippen LogP contribution in [0.25, 0.3) is 0 Å². The Labute approximate surface area is 103 Å². The number of nitrogens with zero attached hydrogens (tertiary/aromatic N) is 1. The quantitative estimate of drug-likeness (QED) is 0.595. The SMILES string of the molecule is COCCOCCCNS(=O)(=O)N1CCCC1. The van der Waals surface area contributed by atoms with Crippen molar-refractivity contribution in [2.75, 3.05) is 46.6 Å². The van der Waals surface area contributed by atoms with Crippen LogP contribution in [0.2, 0.25) is 0 Å². The summed E-state index contributed by atoms with van der Waals surface area (Å²) in [5, 5.41) is 0. The van der Waals surface area contributed by atoms with Gasteiger partial charge in [0.05, 0.1) is 13.2 Å². The number of ether oxygens (including phenoxy) is 2. The molecule has 1 N–H and O–H groups in total. The smallest absolute Gasteiger partial charge is 0.279 e. The highest BCUT2D eigenvalue weighted by atomic mass is 32.2. The van der Waals surface area contributed by atoms with Gasteiger partial charge in [-0.2, -0.15) is 12.7 Å². The summed E-state index contributed by atoms with van der Waals surface area (Å²) in [7, 11) is -1.64. The van der Waals surface area contributed by atoms with E-state index in [0.717, 1.165) is 12.8 Å². The summed E-state index contributed by atoms with van der Waals surface area (Å²) >= 11 is 0. The van der Waals surface area contributed by atoms with Gasteiger partial charge in [0.1, 0.15) is 0 Å². The molecule has 1 rings (SSSR count). The molecule has 7 heteroatoms. The molecular weight excluding hydrogens is 244 g/mol. The van der Waals surface area contributed by atoms with Gasteiger partial charge in [0.25, 0.3) is 10.2 Å². The third kappa shape index (κ3) is 5.78. The van der Waals surface area contributed by atoms with Crippen molar-refractivity contribution in [1.29, 1.82) is 0 Å². The Morgan fingerprint density at radius 2 is 1.88 bits per heavy atom. The van der Waals surface area contributed by atoms with E-state index in [-0.39, 0.29) is 0 Å². The van der Waals surface area contributed by atoms with Crippen LogP contribution >= 0.6 is 0 Å². The maximum Gasteiger partial charge on any atom is 0.279 e. The fourth-order valence-electron chi connectivity index (χ4n) is 1.64. The van der Waals surface area contributed by atoms with Crippen molar-refractivity contribution in [3.8, 4) is 0 Å². The highest BCUT2D eigenvalue weighted by molar-refractivity contribution is 7.87. The van der Waals surface area contributed by atoms with Gasteiger partial charge in [-0.15, -0.1) is 0 Å². The molecule has 6 nitrogen and oxygen atoms in total. The Hall–Kier alpha value is -0.210. The molecule has 1 heterocycles. The summed E-state index contributed by atoms with van der Waals surface area (Å²) in [5.41, 5.74) is 0. The standard InChI is InChI=1S/C10H22N2O4S/c1-15-9-10-16-8-4-5-11-17(13,14)12-6-2-3-7-12/h11H,2-10H2,1H3. The van der Waals surface area contributed by atoms with Gasteiger partial charge in [-0.05, 0) is 19.3 Å². The van der Waals surface area contributed by atoms with Crippen molar-refractivity contribution in [1.82, 2.24) is 9.03 Å². The van der Waals surface area contributed by atoms with E-state index in [0.29, 0.717) is 45.9 Å². The van der Waals surface area contributed by atoms with E-state index in [1.807, 2.05) is 0 Å². The molecule has 0 bridgehead atoms. The summed E-state index contributed by atoms with van der Waals surface area (Å²) in [6.07, 6.45) is 2.60. The number of hydrogen-bond acceptors (Lipinski definition) is 4. The number of nitrogens with one attached hydrogen (secondary N) is 1. The predicted molar refractivity (Wildman–Crippen MR) is 65.0 cm³/mol. The van der Waals surface area contributed by atoms with Crippen LogP contribution < -0.4 is 4.72 Å². The van der Waals surface area contributed by atoms with Crippen molar-refractivity contribution in [3.63, 3.8) is 0 Å². The zero-order valence-corrected chi connectivity index (χ0v) is 11.2. The van der Waals surface area contributed by atoms with Crippen molar-refractivity contribution in [2.45, 2.75) is 19.3 Å². The average Bonchev–Trinajstić information content (AvgIpc) is 2.82. The Kier molecular flexibility index (Phi) is 6.98. The first-order valence-electron chi connectivity index (χ1n) is 5.98. The summed E-state index contributed by atoms with van der Waals surface area (Å²) in [6.45, 7) is 3.37. The molecule has 0 radical (unpaired) electrons. The van der Waals surface area contributed by atoms with E-state index in [9.17, 15) is 8.42 Å². The average molecular weight is 266 g/mol. The lowest BCUT2D eigenvalue weighted by atomic mass is 10.4. The molecule has 0 amide bonds. The molecule has 0 spiro atoms. The van der Waals surface area contributed by atoms with Gasteiger partial charge >= 0.3 is 0 Å². The Morgan fingerprint density at radius 3 is 2.53 bits per heavy atom. The van der Waals surface area contributed by atoms with Crippen LogP contribution in [0, 0.1) is 0 Å². The van der Waals surface area contributed by atoms with Gasteiger partial charge in [0.2, 0.25) is 0 Å². The second kappa shape index (κ2) is 7.99. The fourth-order valence-corrected chi connectivity index (χ4v) is 2.96. The number of hydrogen-bond donors (Lipinski definition) is 1. The fraction of sp³-hybridized carbons (Fsp3) is 1.00. The second-order valence-corrected chi connectivity index (χ2v) is 5.72. The van der Waals surface area contributed by atoms with Crippen LogP contribution in [-0.4, -0.2) is 59.3 Å². The lowest BCUT2D eigenvalue weighted by Gasteiger charge is -2.15. The minimum Gasteiger partial charge on any atom is -0.382 e. The van der Waals surface area contributed by atoms with Crippen LogP contribution in [0.1, 0.15) is 19.3 Å². The molecule has 1 aliphatic rings. The Bertz CT molecular complexity index is 289. The maximum absolute atomic E-state index is 11.7. The molecule has 17 heavy (non-hydrogen) atoms. The third-order valence-corrected chi connectivity index (χ3v) is 4.20. The van der Waals surface area contributed by atoms with Crippen molar-refractivity contribution >= 4 is 10.2 Å². The van der Waals surface area contributed by atoms with Crippen molar-refractivity contribution in [3.05, 3.63) is 0 Å². The molecule has 0 atom stereocenters. The maximum atomic E-state index is 11.7. The first-order chi connectivity index (χ1) is 8.17. The van der Waals surface area contributed by atoms with Gasteiger partial charge in [-0.1, -0.05) is 0 Å². The molecule has 0 unspecified atom stereocenters. The van der Waals surface area contributed by atoms with Gasteiger partial charge in [0, 0.05) is 33.4 Å². The summed E-state index contributed by atoms with van der Waals surface area (Å²) in [5.74, 6) is 0. The molecule has 1 saturated heterocycles. The molecular formula is C10H22N2O4S. The van der Waals surface area contributed by atoms with Gasteiger partial charge in [0.15, 0.2) is 0 Å². The first kappa shape index (κ1) is 14.8. The van der Waals surface area contributed by atoms with Crippen LogP contribution in [-0.2, 0) is 19.7 Å². The molecule has 0 aliphatic carbocycles. The van der Waals surface area contributed by atoms with E-state index in [1.54, 1.807) is 7.11 Å². The van der Waals surface area contributed by atoms with E-state index in [4.69, 9.17) is 9.47 Å². The van der Waals surface area contributed by atoms with Gasteiger partial charge in [-0.25, -0.2) is 4.72 Å². The highest BCUT2D eigenvalue weighted by Crippen LogP contribution is 2.10. The lowest BCUT2D eigenvalue weighted by Crippen LogP contribution is -2.39. The topological polar surface area (TPSA) is 67.9 Å². The van der Waals surface area contributed by atoms with E-state index < -0.39 is 10.2 Å². The van der Waals surface area contributed by atoms with Crippen molar-refractivity contribution in [2.24, 2.45) is 0 Å². The molecule has 0 saturated carbocycles. The lowest BCUT2D eigenvalue weighted by molar-refractivity contribution is 0.0699. The molecule has 102 valence electrons. The van der Waals surface area contributed by atoms with Crippen LogP contribution in [0.4, 0.5) is 0 Å². The van der Waals surface area contributed by atoms with E-state index in [2.05, 4.69) is 4.72 Å². The Morgan fingerprint density at radius 1 is 1.18 bits per heavy atom. The van der Waals surface area contributed by atoms with Crippen LogP contribution in [0.15, 0.2) is 0 Å². The van der Waals surface area contributed by atoms with Gasteiger partial charge in [-0.3, -0.25) is 0 Å². The summed E-state index contributed by atoms with van der Waals surface area (Å²) < 4.78 is 37.6. The normalized spacial score (nSPS) is 17.7. The van der Waals surface area contributed by atoms with Crippen molar-refractivity contribution < 1.29 is 17.9 Å². The minimum absolute atomic E-state index is 0.422. The van der Waals surface area contributed by atoms with E-state index >= 15 is 0 Å². The Balaban J connectivity index is 2.05. The number of rotatable bonds is 9. The molecule has 1 aliphatic heterocycles. The number of methoxy groups -OCH3 is 1. The van der Waals surface area contributed by atoms with Crippen LogP contribution in [0.3, 0.4) is 0 Å².